The maximum atomic E-state index is 11.9. The molecule has 1 aromatic heterocycles. The van der Waals surface area contributed by atoms with Gasteiger partial charge in [-0.25, -0.2) is 4.98 Å². The Morgan fingerprint density at radius 3 is 2.57 bits per heavy atom. The monoisotopic (exact) mass is 312 g/mol. The van der Waals surface area contributed by atoms with Gasteiger partial charge in [-0.05, 0) is 38.9 Å². The summed E-state index contributed by atoms with van der Waals surface area (Å²) in [4.78, 5) is 30.7. The summed E-state index contributed by atoms with van der Waals surface area (Å²) in [5, 5.41) is 0.592. The van der Waals surface area contributed by atoms with Crippen LogP contribution in [0.2, 0.25) is 0 Å². The van der Waals surface area contributed by atoms with E-state index in [2.05, 4.69) is 23.8 Å². The Balaban J connectivity index is 2.59. The fraction of sp³-hybridized carbons (Fsp3) is 0.667. The Kier molecular flexibility index (Phi) is 6.95. The molecule has 0 amide bonds. The van der Waals surface area contributed by atoms with Crippen LogP contribution in [0.3, 0.4) is 0 Å². The number of ether oxygens (including phenoxy) is 1. The molecule has 0 fully saturated rings. The molecular weight excluding hydrogens is 288 g/mol. The number of aryl methyl sites for hydroxylation is 1. The van der Waals surface area contributed by atoms with Gasteiger partial charge in [0.05, 0.1) is 6.10 Å². The van der Waals surface area contributed by atoms with Gasteiger partial charge in [-0.3, -0.25) is 9.59 Å². The Hall–Kier alpha value is -1.30. The standard InChI is InChI=1S/C15H24N2O3S/c1-9(2)8-10(3)20-13(18)7-6-12-11(4)16-15(21-5)17-14(12)19/h9-10H,6-8H2,1-5H3,(H,16,17,19). The molecular formula is C15H24N2O3S. The summed E-state index contributed by atoms with van der Waals surface area (Å²) < 4.78 is 5.33. The Bertz CT molecular complexity index is 540. The van der Waals surface area contributed by atoms with Gasteiger partial charge in [-0.2, -0.15) is 0 Å². The number of rotatable bonds is 7. The number of aromatic nitrogens is 2. The van der Waals surface area contributed by atoms with Crippen molar-refractivity contribution in [2.24, 2.45) is 5.92 Å². The first-order valence-electron chi connectivity index (χ1n) is 7.16. The Morgan fingerprint density at radius 2 is 2.05 bits per heavy atom. The zero-order chi connectivity index (χ0) is 16.0. The molecule has 0 radical (unpaired) electrons. The first-order chi connectivity index (χ1) is 9.83. The molecule has 0 bridgehead atoms. The topological polar surface area (TPSA) is 72.0 Å². The molecule has 1 aromatic rings. The summed E-state index contributed by atoms with van der Waals surface area (Å²) in [6.07, 6.45) is 3.16. The highest BCUT2D eigenvalue weighted by molar-refractivity contribution is 7.98. The highest BCUT2D eigenvalue weighted by Gasteiger charge is 2.14. The fourth-order valence-electron chi connectivity index (χ4n) is 2.20. The van der Waals surface area contributed by atoms with Gasteiger partial charge in [0.25, 0.3) is 5.56 Å². The molecule has 0 saturated carbocycles. The molecule has 0 aliphatic rings. The highest BCUT2D eigenvalue weighted by atomic mass is 32.2. The van der Waals surface area contributed by atoms with Crippen LogP contribution in [0.25, 0.3) is 0 Å². The largest absolute Gasteiger partial charge is 0.463 e. The average Bonchev–Trinajstić information content (AvgIpc) is 2.36. The van der Waals surface area contributed by atoms with Crippen molar-refractivity contribution >= 4 is 17.7 Å². The first kappa shape index (κ1) is 17.8. The number of carbonyl (C=O) groups excluding carboxylic acids is 1. The number of esters is 1. The maximum absolute atomic E-state index is 11.9. The van der Waals surface area contributed by atoms with E-state index < -0.39 is 0 Å². The summed E-state index contributed by atoms with van der Waals surface area (Å²) in [7, 11) is 0. The number of hydrogen-bond acceptors (Lipinski definition) is 5. The SMILES string of the molecule is CSc1nc(C)c(CCC(=O)OC(C)CC(C)C)c(=O)[nH]1. The third-order valence-electron chi connectivity index (χ3n) is 3.11. The zero-order valence-corrected chi connectivity index (χ0v) is 14.2. The molecule has 6 heteroatoms. The van der Waals surface area contributed by atoms with Crippen LogP contribution in [0.4, 0.5) is 0 Å². The molecule has 1 heterocycles. The lowest BCUT2D eigenvalue weighted by Gasteiger charge is -2.15. The minimum absolute atomic E-state index is 0.0890. The van der Waals surface area contributed by atoms with E-state index in [1.165, 1.54) is 11.8 Å². The average molecular weight is 312 g/mol. The van der Waals surface area contributed by atoms with Crippen molar-refractivity contribution in [2.75, 3.05) is 6.26 Å². The molecule has 5 nitrogen and oxygen atoms in total. The molecule has 0 spiro atoms. The lowest BCUT2D eigenvalue weighted by molar-refractivity contribution is -0.148. The van der Waals surface area contributed by atoms with E-state index >= 15 is 0 Å². The van der Waals surface area contributed by atoms with E-state index in [-0.39, 0.29) is 24.1 Å². The van der Waals surface area contributed by atoms with Crippen LogP contribution in [0.15, 0.2) is 9.95 Å². The van der Waals surface area contributed by atoms with Crippen LogP contribution in [0, 0.1) is 12.8 Å². The molecule has 0 aliphatic carbocycles. The van der Waals surface area contributed by atoms with E-state index in [0.29, 0.717) is 28.8 Å². The predicted octanol–water partition coefficient (Wildman–Crippen LogP) is 2.71. The first-order valence-corrected chi connectivity index (χ1v) is 8.39. The minimum Gasteiger partial charge on any atom is -0.463 e. The minimum atomic E-state index is -0.268. The third-order valence-corrected chi connectivity index (χ3v) is 3.69. The lowest BCUT2D eigenvalue weighted by Crippen LogP contribution is -2.21. The van der Waals surface area contributed by atoms with Gasteiger partial charge in [0.15, 0.2) is 5.16 Å². The van der Waals surface area contributed by atoms with E-state index in [9.17, 15) is 9.59 Å². The smallest absolute Gasteiger partial charge is 0.306 e. The van der Waals surface area contributed by atoms with E-state index in [0.717, 1.165) is 6.42 Å². The van der Waals surface area contributed by atoms with Gasteiger partial charge in [-0.15, -0.1) is 0 Å². The highest BCUT2D eigenvalue weighted by Crippen LogP contribution is 2.11. The maximum Gasteiger partial charge on any atom is 0.306 e. The normalized spacial score (nSPS) is 12.5. The van der Waals surface area contributed by atoms with Gasteiger partial charge in [0.1, 0.15) is 0 Å². The quantitative estimate of drug-likeness (QED) is 0.476. The number of nitrogens with one attached hydrogen (secondary N) is 1. The van der Waals surface area contributed by atoms with E-state index in [4.69, 9.17) is 4.74 Å². The molecule has 0 aliphatic heterocycles. The summed E-state index contributed by atoms with van der Waals surface area (Å²) in [5.41, 5.74) is 1.06. The van der Waals surface area contributed by atoms with Crippen molar-refractivity contribution in [3.05, 3.63) is 21.6 Å². The zero-order valence-electron chi connectivity index (χ0n) is 13.4. The Morgan fingerprint density at radius 1 is 1.38 bits per heavy atom. The van der Waals surface area contributed by atoms with Gasteiger partial charge >= 0.3 is 5.97 Å². The second-order valence-electron chi connectivity index (χ2n) is 5.57. The van der Waals surface area contributed by atoms with Crippen LogP contribution in [0.5, 0.6) is 0 Å². The van der Waals surface area contributed by atoms with Crippen LogP contribution >= 0.6 is 11.8 Å². The lowest BCUT2D eigenvalue weighted by atomic mass is 10.1. The van der Waals surface area contributed by atoms with Gasteiger partial charge in [0, 0.05) is 17.7 Å². The second-order valence-corrected chi connectivity index (χ2v) is 6.36. The predicted molar refractivity (Wildman–Crippen MR) is 84.7 cm³/mol. The molecule has 1 unspecified atom stereocenters. The molecule has 1 N–H and O–H groups in total. The number of hydrogen-bond donors (Lipinski definition) is 1. The fourth-order valence-corrected chi connectivity index (χ4v) is 2.62. The molecule has 1 atom stereocenters. The molecule has 0 aromatic carbocycles. The van der Waals surface area contributed by atoms with Gasteiger partial charge in [-0.1, -0.05) is 25.6 Å². The second kappa shape index (κ2) is 8.22. The number of H-pyrrole nitrogens is 1. The van der Waals surface area contributed by atoms with Crippen molar-refractivity contribution in [2.45, 2.75) is 58.2 Å². The van der Waals surface area contributed by atoms with E-state index in [1.807, 2.05) is 13.2 Å². The van der Waals surface area contributed by atoms with Crippen LogP contribution in [0.1, 0.15) is 44.9 Å². The number of nitrogens with zero attached hydrogens (tertiary/aromatic N) is 1. The van der Waals surface area contributed by atoms with Crippen molar-refractivity contribution < 1.29 is 9.53 Å². The van der Waals surface area contributed by atoms with Gasteiger partial charge < -0.3 is 9.72 Å². The summed E-state index contributed by atoms with van der Waals surface area (Å²) in [6.45, 7) is 7.86. The Labute approximate surface area is 129 Å². The van der Waals surface area contributed by atoms with Crippen molar-refractivity contribution in [3.63, 3.8) is 0 Å². The van der Waals surface area contributed by atoms with Crippen molar-refractivity contribution in [1.29, 1.82) is 0 Å². The molecule has 0 saturated heterocycles. The van der Waals surface area contributed by atoms with E-state index in [1.54, 1.807) is 6.92 Å². The third kappa shape index (κ3) is 5.91. The van der Waals surface area contributed by atoms with Gasteiger partial charge in [0.2, 0.25) is 0 Å². The number of aromatic amines is 1. The van der Waals surface area contributed by atoms with Crippen molar-refractivity contribution in [1.82, 2.24) is 9.97 Å². The molecule has 1 rings (SSSR count). The van der Waals surface area contributed by atoms with Crippen molar-refractivity contribution in [3.8, 4) is 0 Å². The number of carbonyl (C=O) groups is 1. The summed E-state index contributed by atoms with van der Waals surface area (Å²) >= 11 is 1.39. The number of thioether (sulfide) groups is 1. The molecule has 21 heavy (non-hydrogen) atoms. The van der Waals surface area contributed by atoms with Crippen LogP contribution in [-0.2, 0) is 16.0 Å². The summed E-state index contributed by atoms with van der Waals surface area (Å²) in [5.74, 6) is 0.220. The van der Waals surface area contributed by atoms with Crippen LogP contribution in [-0.4, -0.2) is 28.3 Å². The molecule has 118 valence electrons. The summed E-state index contributed by atoms with van der Waals surface area (Å²) in [6, 6.07) is 0. The van der Waals surface area contributed by atoms with Crippen LogP contribution < -0.4 is 5.56 Å².